The van der Waals surface area contributed by atoms with Crippen molar-refractivity contribution in [3.05, 3.63) is 59.7 Å². The summed E-state index contributed by atoms with van der Waals surface area (Å²) in [5.74, 6) is 0.760. The van der Waals surface area contributed by atoms with Gasteiger partial charge in [-0.05, 0) is 51.0 Å². The van der Waals surface area contributed by atoms with Crippen molar-refractivity contribution in [2.45, 2.75) is 44.8 Å². The Hall–Kier alpha value is -3.40. The molecule has 5 rings (SSSR count). The van der Waals surface area contributed by atoms with Crippen molar-refractivity contribution in [3.8, 4) is 11.4 Å². The van der Waals surface area contributed by atoms with Gasteiger partial charge in [-0.2, -0.15) is 10.2 Å². The van der Waals surface area contributed by atoms with Gasteiger partial charge in [0.15, 0.2) is 11.5 Å². The molecule has 1 fully saturated rings. The summed E-state index contributed by atoms with van der Waals surface area (Å²) in [5.41, 5.74) is 0.614. The number of fused-ring (bicyclic) bond motifs is 1. The maximum atomic E-state index is 14.5. The van der Waals surface area contributed by atoms with Crippen molar-refractivity contribution in [2.75, 3.05) is 11.4 Å². The summed E-state index contributed by atoms with van der Waals surface area (Å²) in [6, 6.07) is 5.08. The summed E-state index contributed by atoms with van der Waals surface area (Å²) in [7, 11) is 0. The van der Waals surface area contributed by atoms with Crippen LogP contribution in [-0.4, -0.2) is 47.0 Å². The van der Waals surface area contributed by atoms with E-state index >= 15 is 0 Å². The topological polar surface area (TPSA) is 95.2 Å². The van der Waals surface area contributed by atoms with Crippen molar-refractivity contribution in [2.24, 2.45) is 0 Å². The summed E-state index contributed by atoms with van der Waals surface area (Å²) in [6.45, 7) is 4.09. The van der Waals surface area contributed by atoms with E-state index in [2.05, 4.69) is 20.3 Å². The second-order valence-electron chi connectivity index (χ2n) is 8.72. The minimum absolute atomic E-state index is 0.297. The van der Waals surface area contributed by atoms with Gasteiger partial charge in [-0.1, -0.05) is 0 Å². The Bertz CT molecular complexity index is 1280. The third kappa shape index (κ3) is 3.81. The lowest BCUT2D eigenvalue weighted by Gasteiger charge is -2.26. The lowest BCUT2D eigenvalue weighted by molar-refractivity contribution is 0.0789. The maximum absolute atomic E-state index is 14.5. The second-order valence-corrected chi connectivity index (χ2v) is 8.72. The van der Waals surface area contributed by atoms with E-state index in [0.29, 0.717) is 53.6 Å². The molecular weight excluding hydrogens is 416 g/mol. The zero-order chi connectivity index (χ0) is 22.5. The summed E-state index contributed by atoms with van der Waals surface area (Å²) in [6.07, 6.45) is 5.30. The fourth-order valence-electron chi connectivity index (χ4n) is 4.22. The number of aromatic nitrogens is 6. The minimum atomic E-state index is -0.916. The maximum Gasteiger partial charge on any atom is 0.186 e. The first-order valence-corrected chi connectivity index (χ1v) is 10.5. The van der Waals surface area contributed by atoms with Crippen LogP contribution in [0.4, 0.5) is 14.6 Å². The zero-order valence-electron chi connectivity index (χ0n) is 17.8. The molecule has 10 heteroatoms. The monoisotopic (exact) mass is 439 g/mol. The standard InChI is InChI=1S/C22H23F2N7O/c1-22(2,32)11-18-26-20(29-28-18)15-12-25-31-9-7-19(27-21(15)31)30-8-3-4-17(30)14-10-13(23)5-6-16(14)24/h5-7,9-10,12,17,32H,3-4,8,11H2,1-2H3,(H,26,28,29)/t17-/m1/s1. The lowest BCUT2D eigenvalue weighted by atomic mass is 10.0. The number of nitrogens with one attached hydrogen (secondary N) is 1. The fraction of sp³-hybridized carbons (Fsp3) is 0.364. The first kappa shape index (κ1) is 20.5. The molecular formula is C22H23F2N7O. The Morgan fingerprint density at radius 1 is 1.22 bits per heavy atom. The molecule has 8 nitrogen and oxygen atoms in total. The summed E-state index contributed by atoms with van der Waals surface area (Å²) in [4.78, 5) is 11.2. The normalized spacial score (nSPS) is 16.9. The number of aromatic amines is 1. The van der Waals surface area contributed by atoms with E-state index in [1.54, 1.807) is 30.8 Å². The molecule has 4 heterocycles. The average Bonchev–Trinajstić information content (AvgIpc) is 3.47. The molecule has 4 aromatic rings. The first-order chi connectivity index (χ1) is 15.3. The molecule has 32 heavy (non-hydrogen) atoms. The van der Waals surface area contributed by atoms with Crippen LogP contribution >= 0.6 is 0 Å². The van der Waals surface area contributed by atoms with Crippen molar-refractivity contribution in [1.82, 2.24) is 29.8 Å². The highest BCUT2D eigenvalue weighted by Crippen LogP contribution is 2.37. The molecule has 1 aliphatic rings. The van der Waals surface area contributed by atoms with Crippen LogP contribution in [0.25, 0.3) is 17.0 Å². The highest BCUT2D eigenvalue weighted by atomic mass is 19.1. The molecule has 0 spiro atoms. The molecule has 0 unspecified atom stereocenters. The number of H-pyrrole nitrogens is 1. The number of anilines is 1. The number of aliphatic hydroxyl groups is 1. The zero-order valence-corrected chi connectivity index (χ0v) is 17.8. The molecule has 1 aliphatic heterocycles. The van der Waals surface area contributed by atoms with Crippen molar-refractivity contribution < 1.29 is 13.9 Å². The Labute approximate surface area is 182 Å². The number of rotatable bonds is 5. The van der Waals surface area contributed by atoms with Gasteiger partial charge in [-0.15, -0.1) is 0 Å². The molecule has 0 amide bonds. The van der Waals surface area contributed by atoms with Crippen molar-refractivity contribution >= 4 is 11.5 Å². The van der Waals surface area contributed by atoms with Gasteiger partial charge in [-0.25, -0.2) is 23.3 Å². The van der Waals surface area contributed by atoms with Gasteiger partial charge in [-0.3, -0.25) is 5.10 Å². The van der Waals surface area contributed by atoms with Gasteiger partial charge in [0, 0.05) is 24.7 Å². The van der Waals surface area contributed by atoms with Crippen LogP contribution in [0.5, 0.6) is 0 Å². The van der Waals surface area contributed by atoms with Crippen LogP contribution < -0.4 is 4.90 Å². The number of nitrogens with zero attached hydrogens (tertiary/aromatic N) is 6. The van der Waals surface area contributed by atoms with Crippen LogP contribution in [0.3, 0.4) is 0 Å². The largest absolute Gasteiger partial charge is 0.390 e. The third-order valence-corrected chi connectivity index (χ3v) is 5.59. The SMILES string of the molecule is CC(C)(O)Cc1nc(-c2cnn3ccc(N4CCC[C@@H]4c4cc(F)ccc4F)nc23)n[nH]1. The highest BCUT2D eigenvalue weighted by molar-refractivity contribution is 5.73. The van der Waals surface area contributed by atoms with Gasteiger partial charge >= 0.3 is 0 Å². The quantitative estimate of drug-likeness (QED) is 0.495. The van der Waals surface area contributed by atoms with Crippen LogP contribution in [0.1, 0.15) is 44.1 Å². The predicted octanol–water partition coefficient (Wildman–Crippen LogP) is 3.45. The van der Waals surface area contributed by atoms with Crippen LogP contribution in [0.2, 0.25) is 0 Å². The van der Waals surface area contributed by atoms with Gasteiger partial charge < -0.3 is 10.0 Å². The highest BCUT2D eigenvalue weighted by Gasteiger charge is 2.30. The average molecular weight is 439 g/mol. The van der Waals surface area contributed by atoms with Crippen LogP contribution in [0, 0.1) is 11.6 Å². The van der Waals surface area contributed by atoms with E-state index in [4.69, 9.17) is 4.98 Å². The molecule has 0 bridgehead atoms. The van der Waals surface area contributed by atoms with E-state index in [1.807, 2.05) is 11.0 Å². The van der Waals surface area contributed by atoms with Gasteiger partial charge in [0.1, 0.15) is 23.3 Å². The summed E-state index contributed by atoms with van der Waals surface area (Å²) >= 11 is 0. The molecule has 0 saturated carbocycles. The molecule has 0 radical (unpaired) electrons. The van der Waals surface area contributed by atoms with Crippen molar-refractivity contribution in [1.29, 1.82) is 0 Å². The molecule has 2 N–H and O–H groups in total. The number of halogens is 2. The van der Waals surface area contributed by atoms with Gasteiger partial charge in [0.05, 0.1) is 23.4 Å². The number of benzene rings is 1. The summed E-state index contributed by atoms with van der Waals surface area (Å²) in [5, 5.41) is 21.5. The predicted molar refractivity (Wildman–Crippen MR) is 114 cm³/mol. The smallest absolute Gasteiger partial charge is 0.186 e. The minimum Gasteiger partial charge on any atom is -0.390 e. The van der Waals surface area contributed by atoms with Gasteiger partial charge in [0.25, 0.3) is 0 Å². The molecule has 3 aromatic heterocycles. The Balaban J connectivity index is 1.50. The van der Waals surface area contributed by atoms with E-state index in [-0.39, 0.29) is 6.04 Å². The van der Waals surface area contributed by atoms with Crippen molar-refractivity contribution in [3.63, 3.8) is 0 Å². The molecule has 1 saturated heterocycles. The molecule has 1 aromatic carbocycles. The fourth-order valence-corrected chi connectivity index (χ4v) is 4.22. The van der Waals surface area contributed by atoms with E-state index in [1.165, 1.54) is 12.1 Å². The Morgan fingerprint density at radius 2 is 2.06 bits per heavy atom. The molecule has 1 atom stereocenters. The summed E-state index contributed by atoms with van der Waals surface area (Å²) < 4.78 is 29.9. The Morgan fingerprint density at radius 3 is 2.88 bits per heavy atom. The second kappa shape index (κ2) is 7.63. The van der Waals surface area contributed by atoms with E-state index < -0.39 is 17.2 Å². The lowest BCUT2D eigenvalue weighted by Crippen LogP contribution is -2.24. The first-order valence-electron chi connectivity index (χ1n) is 10.5. The van der Waals surface area contributed by atoms with Gasteiger partial charge in [0.2, 0.25) is 0 Å². The van der Waals surface area contributed by atoms with Crippen LogP contribution in [-0.2, 0) is 6.42 Å². The van der Waals surface area contributed by atoms with E-state index in [0.717, 1.165) is 12.5 Å². The Kier molecular flexibility index (Phi) is 4.89. The number of hydrogen-bond acceptors (Lipinski definition) is 6. The number of hydrogen-bond donors (Lipinski definition) is 2. The van der Waals surface area contributed by atoms with Crippen LogP contribution in [0.15, 0.2) is 36.7 Å². The third-order valence-electron chi connectivity index (χ3n) is 5.59. The van der Waals surface area contributed by atoms with E-state index in [9.17, 15) is 13.9 Å². The molecule has 0 aliphatic carbocycles. The molecule has 166 valence electrons.